The van der Waals surface area contributed by atoms with Crippen LogP contribution in [0.2, 0.25) is 5.15 Å². The van der Waals surface area contributed by atoms with Gasteiger partial charge < -0.3 is 4.74 Å². The van der Waals surface area contributed by atoms with Gasteiger partial charge in [-0.15, -0.1) is 0 Å². The van der Waals surface area contributed by atoms with Gasteiger partial charge in [0, 0.05) is 25.8 Å². The van der Waals surface area contributed by atoms with Crippen LogP contribution in [-0.4, -0.2) is 36.2 Å². The second-order valence-corrected chi connectivity index (χ2v) is 3.76. The Morgan fingerprint density at radius 1 is 1.43 bits per heavy atom. The van der Waals surface area contributed by atoms with Crippen molar-refractivity contribution in [1.82, 2.24) is 9.88 Å². The first kappa shape index (κ1) is 9.90. The van der Waals surface area contributed by atoms with Crippen molar-refractivity contribution in [2.24, 2.45) is 0 Å². The van der Waals surface area contributed by atoms with E-state index in [1.54, 1.807) is 6.20 Å². The molecule has 14 heavy (non-hydrogen) atoms. The molecule has 1 saturated heterocycles. The van der Waals surface area contributed by atoms with E-state index in [1.165, 1.54) is 5.56 Å². The summed E-state index contributed by atoms with van der Waals surface area (Å²) < 4.78 is 5.28. The zero-order valence-corrected chi connectivity index (χ0v) is 8.70. The first-order valence-electron chi connectivity index (χ1n) is 4.75. The Labute approximate surface area is 88.6 Å². The Morgan fingerprint density at radius 2 is 2.21 bits per heavy atom. The number of hydrogen-bond donors (Lipinski definition) is 0. The van der Waals surface area contributed by atoms with E-state index in [9.17, 15) is 0 Å². The van der Waals surface area contributed by atoms with E-state index in [2.05, 4.69) is 9.88 Å². The smallest absolute Gasteiger partial charge is 0.129 e. The predicted octanol–water partition coefficient (Wildman–Crippen LogP) is 1.57. The fourth-order valence-electron chi connectivity index (χ4n) is 1.56. The Balaban J connectivity index is 1.95. The Hall–Kier alpha value is -0.640. The van der Waals surface area contributed by atoms with Gasteiger partial charge in [-0.05, 0) is 17.7 Å². The van der Waals surface area contributed by atoms with E-state index in [4.69, 9.17) is 16.3 Å². The maximum Gasteiger partial charge on any atom is 0.129 e. The van der Waals surface area contributed by atoms with Crippen molar-refractivity contribution in [3.63, 3.8) is 0 Å². The minimum Gasteiger partial charge on any atom is -0.379 e. The summed E-state index contributed by atoms with van der Waals surface area (Å²) in [4.78, 5) is 6.31. The highest BCUT2D eigenvalue weighted by atomic mass is 35.5. The van der Waals surface area contributed by atoms with Gasteiger partial charge >= 0.3 is 0 Å². The molecule has 0 aliphatic carbocycles. The molecular weight excluding hydrogens is 200 g/mol. The molecule has 0 unspecified atom stereocenters. The number of ether oxygens (including phenoxy) is 1. The Kier molecular flexibility index (Phi) is 3.35. The third kappa shape index (κ3) is 2.67. The summed E-state index contributed by atoms with van der Waals surface area (Å²) in [5, 5.41) is 0.566. The predicted molar refractivity (Wildman–Crippen MR) is 55.3 cm³/mol. The maximum absolute atomic E-state index is 5.81. The normalized spacial score (nSPS) is 18.4. The molecule has 0 amide bonds. The second-order valence-electron chi connectivity index (χ2n) is 3.38. The van der Waals surface area contributed by atoms with Gasteiger partial charge in [0.1, 0.15) is 5.15 Å². The number of halogens is 1. The fraction of sp³-hybridized carbons (Fsp3) is 0.500. The van der Waals surface area contributed by atoms with Crippen LogP contribution in [0.5, 0.6) is 0 Å². The number of pyridine rings is 1. The van der Waals surface area contributed by atoms with Gasteiger partial charge in [-0.2, -0.15) is 0 Å². The van der Waals surface area contributed by atoms with Gasteiger partial charge in [0.15, 0.2) is 0 Å². The van der Waals surface area contributed by atoms with Gasteiger partial charge in [0.05, 0.1) is 13.2 Å². The maximum atomic E-state index is 5.81. The Morgan fingerprint density at radius 3 is 2.93 bits per heavy atom. The van der Waals surface area contributed by atoms with Crippen molar-refractivity contribution >= 4 is 11.6 Å². The summed E-state index contributed by atoms with van der Waals surface area (Å²) >= 11 is 5.81. The minimum absolute atomic E-state index is 0.566. The molecule has 0 bridgehead atoms. The van der Waals surface area contributed by atoms with Crippen LogP contribution in [0, 0.1) is 0 Å². The van der Waals surface area contributed by atoms with Crippen LogP contribution < -0.4 is 0 Å². The van der Waals surface area contributed by atoms with Crippen LogP contribution in [0.15, 0.2) is 18.3 Å². The van der Waals surface area contributed by atoms with Gasteiger partial charge in [-0.1, -0.05) is 11.6 Å². The highest BCUT2D eigenvalue weighted by Crippen LogP contribution is 2.10. The molecule has 2 heterocycles. The lowest BCUT2D eigenvalue weighted by Crippen LogP contribution is -2.35. The average Bonchev–Trinajstić information content (AvgIpc) is 2.19. The van der Waals surface area contributed by atoms with Crippen molar-refractivity contribution in [2.45, 2.75) is 6.54 Å². The summed E-state index contributed by atoms with van der Waals surface area (Å²) in [7, 11) is 0. The molecule has 0 atom stereocenters. The standard InChI is InChI=1S/C10H13ClN2O/c11-10-7-9(1-2-12-10)8-13-3-5-14-6-4-13/h1-2,7H,3-6,8H2. The third-order valence-electron chi connectivity index (χ3n) is 2.30. The number of morpholine rings is 1. The lowest BCUT2D eigenvalue weighted by molar-refractivity contribution is 0.0342. The molecule has 0 N–H and O–H groups in total. The van der Waals surface area contributed by atoms with E-state index in [0.29, 0.717) is 5.15 Å². The number of nitrogens with zero attached hydrogens (tertiary/aromatic N) is 2. The minimum atomic E-state index is 0.566. The highest BCUT2D eigenvalue weighted by Gasteiger charge is 2.10. The lowest BCUT2D eigenvalue weighted by Gasteiger charge is -2.26. The first-order chi connectivity index (χ1) is 6.84. The van der Waals surface area contributed by atoms with E-state index < -0.39 is 0 Å². The van der Waals surface area contributed by atoms with Crippen molar-refractivity contribution in [2.75, 3.05) is 26.3 Å². The molecule has 0 spiro atoms. The molecule has 76 valence electrons. The first-order valence-corrected chi connectivity index (χ1v) is 5.13. The third-order valence-corrected chi connectivity index (χ3v) is 2.51. The molecule has 0 aromatic carbocycles. The van der Waals surface area contributed by atoms with Gasteiger partial charge in [0.2, 0.25) is 0 Å². The molecule has 1 aromatic rings. The van der Waals surface area contributed by atoms with E-state index in [1.807, 2.05) is 12.1 Å². The van der Waals surface area contributed by atoms with E-state index in [-0.39, 0.29) is 0 Å². The second kappa shape index (κ2) is 4.73. The molecule has 1 fully saturated rings. The molecule has 2 rings (SSSR count). The highest BCUT2D eigenvalue weighted by molar-refractivity contribution is 6.29. The van der Waals surface area contributed by atoms with E-state index in [0.717, 1.165) is 32.8 Å². The molecule has 1 aliphatic rings. The number of rotatable bonds is 2. The quantitative estimate of drug-likeness (QED) is 0.696. The van der Waals surface area contributed by atoms with Crippen LogP contribution in [0.3, 0.4) is 0 Å². The largest absolute Gasteiger partial charge is 0.379 e. The molecule has 0 saturated carbocycles. The van der Waals surface area contributed by atoms with Crippen molar-refractivity contribution < 1.29 is 4.74 Å². The van der Waals surface area contributed by atoms with Crippen molar-refractivity contribution in [1.29, 1.82) is 0 Å². The summed E-state index contributed by atoms with van der Waals surface area (Å²) in [6, 6.07) is 3.92. The van der Waals surface area contributed by atoms with Gasteiger partial charge in [-0.3, -0.25) is 4.90 Å². The Bertz CT molecular complexity index is 300. The molecule has 1 aliphatic heterocycles. The van der Waals surface area contributed by atoms with Crippen LogP contribution in [0.1, 0.15) is 5.56 Å². The summed E-state index contributed by atoms with van der Waals surface area (Å²) in [6.07, 6.45) is 1.75. The van der Waals surface area contributed by atoms with Crippen molar-refractivity contribution in [3.05, 3.63) is 29.0 Å². The number of aromatic nitrogens is 1. The van der Waals surface area contributed by atoms with E-state index >= 15 is 0 Å². The van der Waals surface area contributed by atoms with Crippen molar-refractivity contribution in [3.8, 4) is 0 Å². The SMILES string of the molecule is Clc1cc(CN2CCOCC2)ccn1. The zero-order valence-electron chi connectivity index (χ0n) is 7.95. The number of hydrogen-bond acceptors (Lipinski definition) is 3. The van der Waals surface area contributed by atoms with Gasteiger partial charge in [0.25, 0.3) is 0 Å². The summed E-state index contributed by atoms with van der Waals surface area (Å²) in [5.74, 6) is 0. The average molecular weight is 213 g/mol. The molecule has 1 aromatic heterocycles. The lowest BCUT2D eigenvalue weighted by atomic mass is 10.2. The van der Waals surface area contributed by atoms with Crippen LogP contribution in [0.25, 0.3) is 0 Å². The zero-order chi connectivity index (χ0) is 9.80. The summed E-state index contributed by atoms with van der Waals surface area (Å²) in [5.41, 5.74) is 1.21. The monoisotopic (exact) mass is 212 g/mol. The topological polar surface area (TPSA) is 25.4 Å². The molecule has 4 heteroatoms. The fourth-order valence-corrected chi connectivity index (χ4v) is 1.75. The summed E-state index contributed by atoms with van der Waals surface area (Å²) in [6.45, 7) is 4.60. The molecule has 3 nitrogen and oxygen atoms in total. The molecule has 0 radical (unpaired) electrons. The van der Waals surface area contributed by atoms with Crippen LogP contribution >= 0.6 is 11.6 Å². The van der Waals surface area contributed by atoms with Crippen LogP contribution in [0.4, 0.5) is 0 Å². The van der Waals surface area contributed by atoms with Crippen LogP contribution in [-0.2, 0) is 11.3 Å². The van der Waals surface area contributed by atoms with Gasteiger partial charge in [-0.25, -0.2) is 4.98 Å². The molecular formula is C10H13ClN2O.